The first kappa shape index (κ1) is 12.6. The van der Waals surface area contributed by atoms with Gasteiger partial charge in [-0.15, -0.1) is 0 Å². The van der Waals surface area contributed by atoms with E-state index in [-0.39, 0.29) is 5.41 Å². The Balaban J connectivity index is 1.93. The van der Waals surface area contributed by atoms with Gasteiger partial charge in [0.05, 0.1) is 19.5 Å². The minimum Gasteiger partial charge on any atom is -0.469 e. The van der Waals surface area contributed by atoms with Crippen LogP contribution in [0.5, 0.6) is 0 Å². The van der Waals surface area contributed by atoms with Crippen molar-refractivity contribution in [1.82, 2.24) is 4.90 Å². The van der Waals surface area contributed by atoms with Gasteiger partial charge in [-0.25, -0.2) is 0 Å². The van der Waals surface area contributed by atoms with Crippen molar-refractivity contribution in [2.75, 3.05) is 39.4 Å². The first-order chi connectivity index (χ1) is 8.22. The highest BCUT2D eigenvalue weighted by Crippen LogP contribution is 2.23. The van der Waals surface area contributed by atoms with Gasteiger partial charge in [-0.3, -0.25) is 4.90 Å². The molecule has 1 aromatic heterocycles. The summed E-state index contributed by atoms with van der Waals surface area (Å²) in [5, 5.41) is 0. The predicted octanol–water partition coefficient (Wildman–Crippen LogP) is 1.12. The molecule has 2 rings (SSSR count). The van der Waals surface area contributed by atoms with E-state index in [0.717, 1.165) is 45.0 Å². The summed E-state index contributed by atoms with van der Waals surface area (Å²) in [5.41, 5.74) is 6.02. The van der Waals surface area contributed by atoms with Crippen LogP contribution in [0.4, 0.5) is 0 Å². The molecule has 1 unspecified atom stereocenters. The topological polar surface area (TPSA) is 51.6 Å². The van der Waals surface area contributed by atoms with Gasteiger partial charge in [0.1, 0.15) is 5.76 Å². The number of morpholine rings is 1. The van der Waals surface area contributed by atoms with Gasteiger partial charge in [0, 0.05) is 26.1 Å². The van der Waals surface area contributed by atoms with E-state index >= 15 is 0 Å². The molecule has 0 saturated carbocycles. The van der Waals surface area contributed by atoms with E-state index in [0.29, 0.717) is 6.54 Å². The molecule has 0 radical (unpaired) electrons. The second kappa shape index (κ2) is 5.67. The van der Waals surface area contributed by atoms with Crippen LogP contribution in [0.1, 0.15) is 12.7 Å². The summed E-state index contributed by atoms with van der Waals surface area (Å²) in [5.74, 6) is 1.02. The van der Waals surface area contributed by atoms with Crippen molar-refractivity contribution in [3.05, 3.63) is 24.2 Å². The average molecular weight is 238 g/mol. The summed E-state index contributed by atoms with van der Waals surface area (Å²) in [4.78, 5) is 2.43. The van der Waals surface area contributed by atoms with E-state index in [2.05, 4.69) is 11.8 Å². The summed E-state index contributed by atoms with van der Waals surface area (Å²) >= 11 is 0. The summed E-state index contributed by atoms with van der Waals surface area (Å²) < 4.78 is 10.8. The molecule has 1 fully saturated rings. The minimum absolute atomic E-state index is 0.0786. The quantitative estimate of drug-likeness (QED) is 0.835. The van der Waals surface area contributed by atoms with Crippen molar-refractivity contribution >= 4 is 0 Å². The van der Waals surface area contributed by atoms with Gasteiger partial charge in [0.2, 0.25) is 0 Å². The zero-order valence-electron chi connectivity index (χ0n) is 10.5. The largest absolute Gasteiger partial charge is 0.469 e. The maximum absolute atomic E-state index is 5.94. The highest BCUT2D eigenvalue weighted by molar-refractivity contribution is 5.02. The third kappa shape index (κ3) is 3.56. The Labute approximate surface area is 103 Å². The van der Waals surface area contributed by atoms with E-state index < -0.39 is 0 Å². The van der Waals surface area contributed by atoms with E-state index in [1.54, 1.807) is 6.26 Å². The maximum Gasteiger partial charge on any atom is 0.104 e. The fourth-order valence-corrected chi connectivity index (χ4v) is 2.33. The van der Waals surface area contributed by atoms with Gasteiger partial charge in [0.15, 0.2) is 0 Å². The molecular weight excluding hydrogens is 216 g/mol. The first-order valence-corrected chi connectivity index (χ1v) is 6.24. The number of rotatable bonds is 5. The molecule has 17 heavy (non-hydrogen) atoms. The van der Waals surface area contributed by atoms with Crippen molar-refractivity contribution in [1.29, 1.82) is 0 Å². The van der Waals surface area contributed by atoms with Crippen LogP contribution < -0.4 is 5.73 Å². The zero-order valence-corrected chi connectivity index (χ0v) is 10.5. The lowest BCUT2D eigenvalue weighted by atomic mass is 9.85. The summed E-state index contributed by atoms with van der Waals surface area (Å²) in [6.07, 6.45) is 2.62. The van der Waals surface area contributed by atoms with Crippen molar-refractivity contribution in [3.8, 4) is 0 Å². The lowest BCUT2D eigenvalue weighted by Crippen LogP contribution is -2.46. The van der Waals surface area contributed by atoms with Crippen molar-refractivity contribution in [2.45, 2.75) is 13.3 Å². The fraction of sp³-hybridized carbons (Fsp3) is 0.692. The Morgan fingerprint density at radius 1 is 1.41 bits per heavy atom. The van der Waals surface area contributed by atoms with E-state index in [1.807, 2.05) is 12.1 Å². The summed E-state index contributed by atoms with van der Waals surface area (Å²) in [6.45, 7) is 7.59. The van der Waals surface area contributed by atoms with Gasteiger partial charge >= 0.3 is 0 Å². The molecule has 2 heterocycles. The second-order valence-corrected chi connectivity index (χ2v) is 5.16. The van der Waals surface area contributed by atoms with Gasteiger partial charge in [-0.05, 0) is 24.1 Å². The molecule has 0 aliphatic carbocycles. The van der Waals surface area contributed by atoms with Crippen molar-refractivity contribution in [2.24, 2.45) is 11.1 Å². The van der Waals surface area contributed by atoms with Crippen LogP contribution in [0.2, 0.25) is 0 Å². The molecule has 0 aromatic carbocycles. The number of hydrogen-bond acceptors (Lipinski definition) is 4. The molecule has 0 amide bonds. The molecule has 1 aliphatic heterocycles. The molecule has 1 aliphatic rings. The molecular formula is C13H22N2O2. The Bertz CT molecular complexity index is 320. The number of ether oxygens (including phenoxy) is 1. The smallest absolute Gasteiger partial charge is 0.104 e. The molecule has 4 heteroatoms. The Morgan fingerprint density at radius 2 is 2.18 bits per heavy atom. The van der Waals surface area contributed by atoms with Crippen LogP contribution in [0, 0.1) is 5.41 Å². The lowest BCUT2D eigenvalue weighted by molar-refractivity contribution is 0.0191. The Kier molecular flexibility index (Phi) is 4.20. The SMILES string of the molecule is CC(CN)(Cc1ccco1)CN1CCOCC1. The first-order valence-electron chi connectivity index (χ1n) is 6.24. The Hall–Kier alpha value is -0.840. The van der Waals surface area contributed by atoms with Crippen LogP contribution in [0.15, 0.2) is 22.8 Å². The molecule has 1 atom stereocenters. The second-order valence-electron chi connectivity index (χ2n) is 5.16. The van der Waals surface area contributed by atoms with Gasteiger partial charge in [-0.2, -0.15) is 0 Å². The van der Waals surface area contributed by atoms with E-state index in [9.17, 15) is 0 Å². The Morgan fingerprint density at radius 3 is 2.76 bits per heavy atom. The van der Waals surface area contributed by atoms with Crippen LogP contribution in [0.25, 0.3) is 0 Å². The van der Waals surface area contributed by atoms with Crippen LogP contribution in [0.3, 0.4) is 0 Å². The number of hydrogen-bond donors (Lipinski definition) is 1. The molecule has 1 saturated heterocycles. The highest BCUT2D eigenvalue weighted by atomic mass is 16.5. The molecule has 4 nitrogen and oxygen atoms in total. The van der Waals surface area contributed by atoms with Gasteiger partial charge in [-0.1, -0.05) is 6.92 Å². The molecule has 1 aromatic rings. The zero-order chi connectivity index (χ0) is 12.1. The molecule has 96 valence electrons. The number of nitrogens with zero attached hydrogens (tertiary/aromatic N) is 1. The van der Waals surface area contributed by atoms with Gasteiger partial charge in [0.25, 0.3) is 0 Å². The maximum atomic E-state index is 5.94. The monoisotopic (exact) mass is 238 g/mol. The van der Waals surface area contributed by atoms with Crippen LogP contribution in [-0.4, -0.2) is 44.3 Å². The van der Waals surface area contributed by atoms with Crippen LogP contribution in [-0.2, 0) is 11.2 Å². The van der Waals surface area contributed by atoms with Gasteiger partial charge < -0.3 is 14.9 Å². The van der Waals surface area contributed by atoms with Crippen LogP contribution >= 0.6 is 0 Å². The van der Waals surface area contributed by atoms with E-state index in [1.165, 1.54) is 0 Å². The predicted molar refractivity (Wildman–Crippen MR) is 66.8 cm³/mol. The number of furan rings is 1. The summed E-state index contributed by atoms with van der Waals surface area (Å²) in [7, 11) is 0. The third-order valence-electron chi connectivity index (χ3n) is 3.38. The number of nitrogens with two attached hydrogens (primary N) is 1. The van der Waals surface area contributed by atoms with Crippen molar-refractivity contribution in [3.63, 3.8) is 0 Å². The third-order valence-corrected chi connectivity index (χ3v) is 3.38. The lowest BCUT2D eigenvalue weighted by Gasteiger charge is -2.36. The molecule has 0 spiro atoms. The molecule has 2 N–H and O–H groups in total. The van der Waals surface area contributed by atoms with Crippen molar-refractivity contribution < 1.29 is 9.15 Å². The van der Waals surface area contributed by atoms with E-state index in [4.69, 9.17) is 14.9 Å². The minimum atomic E-state index is 0.0786. The standard InChI is InChI=1S/C13H22N2O2/c1-13(10-14,9-12-3-2-6-17-12)11-15-4-7-16-8-5-15/h2-3,6H,4-5,7-11,14H2,1H3. The molecule has 0 bridgehead atoms. The normalized spacial score (nSPS) is 21.3. The summed E-state index contributed by atoms with van der Waals surface area (Å²) in [6, 6.07) is 3.95. The average Bonchev–Trinajstić information content (AvgIpc) is 2.83. The fourth-order valence-electron chi connectivity index (χ4n) is 2.33. The highest BCUT2D eigenvalue weighted by Gasteiger charge is 2.28.